The Labute approximate surface area is 433 Å². The molecule has 9 nitrogen and oxygen atoms in total. The van der Waals surface area contributed by atoms with E-state index in [1.54, 1.807) is 0 Å². The van der Waals surface area contributed by atoms with Crippen molar-refractivity contribution < 1.29 is 42.9 Å². The number of hydrogen-bond donors (Lipinski definition) is 1. The summed E-state index contributed by atoms with van der Waals surface area (Å²) >= 11 is 0. The monoisotopic (exact) mass is 991 g/mol. The molecule has 0 fully saturated rings. The second-order valence-corrected chi connectivity index (χ2v) is 21.7. The third kappa shape index (κ3) is 53.6. The minimum atomic E-state index is -1.51. The van der Waals surface area contributed by atoms with Gasteiger partial charge in [-0.1, -0.05) is 244 Å². The molecule has 9 heteroatoms. The summed E-state index contributed by atoms with van der Waals surface area (Å²) in [4.78, 5) is 37.2. The first-order valence-corrected chi connectivity index (χ1v) is 30.0. The molecule has 0 aromatic carbocycles. The number of hydrogen-bond acceptors (Lipinski definition) is 7. The average molecular weight is 992 g/mol. The molecule has 0 aliphatic rings. The number of likely N-dealkylation sites (N-methyl/N-ethyl adjacent to an activating group) is 1. The molecule has 0 aliphatic heterocycles. The number of carboxylic acid groups (broad SMARTS) is 1. The van der Waals surface area contributed by atoms with Gasteiger partial charge in [0.2, 0.25) is 0 Å². The van der Waals surface area contributed by atoms with E-state index in [1.807, 2.05) is 21.1 Å². The van der Waals surface area contributed by atoms with Gasteiger partial charge in [-0.2, -0.15) is 0 Å². The Morgan fingerprint density at radius 1 is 0.414 bits per heavy atom. The summed E-state index contributed by atoms with van der Waals surface area (Å²) in [7, 11) is 5.97. The van der Waals surface area contributed by atoms with Crippen LogP contribution in [0.25, 0.3) is 0 Å². The highest BCUT2D eigenvalue weighted by Crippen LogP contribution is 2.17. The van der Waals surface area contributed by atoms with E-state index >= 15 is 0 Å². The third-order valence-electron chi connectivity index (χ3n) is 13.4. The lowest BCUT2D eigenvalue weighted by molar-refractivity contribution is -0.870. The number of nitrogens with zero attached hydrogens (tertiary/aromatic N) is 1. The number of allylic oxidation sites excluding steroid dienone is 4. The molecule has 0 amide bonds. The van der Waals surface area contributed by atoms with E-state index in [0.29, 0.717) is 17.4 Å². The van der Waals surface area contributed by atoms with Crippen molar-refractivity contribution in [3.05, 3.63) is 24.3 Å². The Kier molecular flexibility index (Phi) is 51.4. The van der Waals surface area contributed by atoms with Crippen LogP contribution in [0.5, 0.6) is 0 Å². The molecule has 0 bridgehead atoms. The number of unbranched alkanes of at least 4 members (excludes halogenated alkanes) is 37. The molecular weight excluding hydrogens is 875 g/mol. The number of carbonyl (C=O) groups excluding carboxylic acids is 2. The number of carboxylic acids is 1. The van der Waals surface area contributed by atoms with Crippen molar-refractivity contribution in [1.82, 2.24) is 0 Å². The van der Waals surface area contributed by atoms with E-state index in [4.69, 9.17) is 18.9 Å². The Balaban J connectivity index is 3.93. The van der Waals surface area contributed by atoms with Crippen LogP contribution in [0.2, 0.25) is 0 Å². The minimum absolute atomic E-state index is 0.182. The van der Waals surface area contributed by atoms with Crippen LogP contribution in [0, 0.1) is 0 Å². The van der Waals surface area contributed by atoms with Crippen LogP contribution in [0.15, 0.2) is 24.3 Å². The number of aliphatic carboxylic acids is 1. The lowest BCUT2D eigenvalue weighted by Gasteiger charge is -2.25. The van der Waals surface area contributed by atoms with Crippen LogP contribution < -0.4 is 0 Å². The van der Waals surface area contributed by atoms with Gasteiger partial charge in [0, 0.05) is 12.8 Å². The number of ether oxygens (including phenoxy) is 4. The molecule has 2 atom stereocenters. The van der Waals surface area contributed by atoms with Crippen molar-refractivity contribution >= 4 is 17.9 Å². The van der Waals surface area contributed by atoms with Crippen LogP contribution in [0.1, 0.15) is 290 Å². The molecule has 0 spiro atoms. The smallest absolute Gasteiger partial charge is 0.361 e. The van der Waals surface area contributed by atoms with Gasteiger partial charge in [0.25, 0.3) is 6.29 Å². The Morgan fingerprint density at radius 3 is 1.11 bits per heavy atom. The van der Waals surface area contributed by atoms with E-state index in [0.717, 1.165) is 64.2 Å². The van der Waals surface area contributed by atoms with Crippen LogP contribution in [0.4, 0.5) is 0 Å². The summed E-state index contributed by atoms with van der Waals surface area (Å²) < 4.78 is 22.8. The molecule has 0 saturated carbocycles. The summed E-state index contributed by atoms with van der Waals surface area (Å²) in [5.74, 6) is -2.00. The van der Waals surface area contributed by atoms with Crippen LogP contribution >= 0.6 is 0 Å². The lowest BCUT2D eigenvalue weighted by atomic mass is 10.0. The Morgan fingerprint density at radius 2 is 0.757 bits per heavy atom. The SMILES string of the molecule is CCC/C=C\CCCCCCCC(=O)OCC(COC(OCC[N+](C)(C)C)C(=O)O)OC(=O)CCCCCCCCCCCCCCCCCCCCCCCCC/C=C\CCCCCCCCCC. The fourth-order valence-corrected chi connectivity index (χ4v) is 8.78. The lowest BCUT2D eigenvalue weighted by Crippen LogP contribution is -2.40. The molecule has 0 aromatic heterocycles. The summed E-state index contributed by atoms with van der Waals surface area (Å²) in [5, 5.41) is 9.67. The van der Waals surface area contributed by atoms with Crippen molar-refractivity contribution in [2.45, 2.75) is 302 Å². The average Bonchev–Trinajstić information content (AvgIpc) is 3.33. The van der Waals surface area contributed by atoms with Gasteiger partial charge in [0.15, 0.2) is 6.10 Å². The van der Waals surface area contributed by atoms with E-state index in [1.165, 1.54) is 199 Å². The van der Waals surface area contributed by atoms with Crippen molar-refractivity contribution in [3.8, 4) is 0 Å². The standard InChI is InChI=1S/C61H115NO8/c1-6-8-10-12-14-16-18-19-20-21-22-23-24-25-26-27-28-29-30-31-32-33-34-35-36-37-38-39-40-41-42-44-46-48-50-52-59(64)70-57(56-69-61(60(65)66)67-54-53-62(3,4)5)55-68-58(63)51-49-47-45-43-17-15-13-11-9-7-2/h11,13,21-22,57,61H,6-10,12,14-20,23-56H2,1-5H3/p+1/b13-11-,22-21-. The van der Waals surface area contributed by atoms with Gasteiger partial charge >= 0.3 is 17.9 Å². The van der Waals surface area contributed by atoms with Gasteiger partial charge < -0.3 is 28.5 Å². The number of carbonyl (C=O) groups is 3. The van der Waals surface area contributed by atoms with E-state index in [2.05, 4.69) is 38.2 Å². The summed E-state index contributed by atoms with van der Waals surface area (Å²) in [6.07, 6.45) is 60.2. The van der Waals surface area contributed by atoms with Crippen molar-refractivity contribution in [2.75, 3.05) is 47.5 Å². The number of rotatable bonds is 56. The zero-order chi connectivity index (χ0) is 51.3. The van der Waals surface area contributed by atoms with Crippen molar-refractivity contribution in [2.24, 2.45) is 0 Å². The van der Waals surface area contributed by atoms with Gasteiger partial charge in [0.05, 0.1) is 34.4 Å². The highest BCUT2D eigenvalue weighted by Gasteiger charge is 2.25. The minimum Gasteiger partial charge on any atom is -0.477 e. The molecule has 1 N–H and O–H groups in total. The predicted molar refractivity (Wildman–Crippen MR) is 295 cm³/mol. The molecule has 2 unspecified atom stereocenters. The topological polar surface area (TPSA) is 108 Å². The number of esters is 2. The van der Waals surface area contributed by atoms with Gasteiger partial charge in [-0.3, -0.25) is 9.59 Å². The highest BCUT2D eigenvalue weighted by atomic mass is 16.7. The third-order valence-corrected chi connectivity index (χ3v) is 13.4. The Hall–Kier alpha value is -2.23. The molecule has 0 heterocycles. The van der Waals surface area contributed by atoms with Crippen LogP contribution in [-0.2, 0) is 33.3 Å². The molecule has 0 saturated heterocycles. The van der Waals surface area contributed by atoms with Gasteiger partial charge in [-0.25, -0.2) is 4.79 Å². The fourth-order valence-electron chi connectivity index (χ4n) is 8.78. The molecular formula is C61H116NO8+. The second kappa shape index (κ2) is 53.1. The zero-order valence-corrected chi connectivity index (χ0v) is 47.0. The maximum Gasteiger partial charge on any atom is 0.361 e. The van der Waals surface area contributed by atoms with E-state index in [9.17, 15) is 19.5 Å². The molecule has 0 radical (unpaired) electrons. The highest BCUT2D eigenvalue weighted by molar-refractivity contribution is 5.71. The Bertz CT molecular complexity index is 1200. The normalized spacial score (nSPS) is 12.9. The first-order valence-electron chi connectivity index (χ1n) is 30.0. The first-order chi connectivity index (χ1) is 34.1. The maximum absolute atomic E-state index is 12.8. The largest absolute Gasteiger partial charge is 0.477 e. The molecule has 412 valence electrons. The van der Waals surface area contributed by atoms with Gasteiger partial charge in [0.1, 0.15) is 13.2 Å². The van der Waals surface area contributed by atoms with Gasteiger partial charge in [-0.05, 0) is 57.8 Å². The summed E-state index contributed by atoms with van der Waals surface area (Å²) in [6, 6.07) is 0. The van der Waals surface area contributed by atoms with Crippen molar-refractivity contribution in [3.63, 3.8) is 0 Å². The first kappa shape index (κ1) is 67.8. The summed E-state index contributed by atoms with van der Waals surface area (Å²) in [6.45, 7) is 4.83. The van der Waals surface area contributed by atoms with E-state index in [-0.39, 0.29) is 32.2 Å². The second-order valence-electron chi connectivity index (χ2n) is 21.7. The van der Waals surface area contributed by atoms with Crippen LogP contribution in [-0.4, -0.2) is 87.4 Å². The predicted octanol–water partition coefficient (Wildman–Crippen LogP) is 17.5. The number of quaternary nitrogens is 1. The van der Waals surface area contributed by atoms with E-state index < -0.39 is 24.3 Å². The molecule has 0 aromatic rings. The fraction of sp³-hybridized carbons (Fsp3) is 0.885. The quantitative estimate of drug-likeness (QED) is 0.0211. The maximum atomic E-state index is 12.8. The molecule has 70 heavy (non-hydrogen) atoms. The zero-order valence-electron chi connectivity index (χ0n) is 47.0. The molecule has 0 aliphatic carbocycles. The summed E-state index contributed by atoms with van der Waals surface area (Å²) in [5.41, 5.74) is 0. The van der Waals surface area contributed by atoms with Gasteiger partial charge in [-0.15, -0.1) is 0 Å². The van der Waals surface area contributed by atoms with Crippen molar-refractivity contribution in [1.29, 1.82) is 0 Å². The molecule has 0 rings (SSSR count). The van der Waals surface area contributed by atoms with Crippen LogP contribution in [0.3, 0.4) is 0 Å².